The third kappa shape index (κ3) is 8.04. The first kappa shape index (κ1) is 29.5. The number of ether oxygens (including phenoxy) is 2. The van der Waals surface area contributed by atoms with Crippen LogP contribution in [0, 0.1) is 0 Å². The molecular formula is C32H24F3N3O4S. The maximum absolute atomic E-state index is 13.4. The minimum Gasteiger partial charge on any atom is -0.489 e. The number of benzene rings is 4. The van der Waals surface area contributed by atoms with Gasteiger partial charge in [-0.3, -0.25) is 14.5 Å². The van der Waals surface area contributed by atoms with E-state index in [1.165, 1.54) is 23.1 Å². The van der Waals surface area contributed by atoms with Gasteiger partial charge in [0.1, 0.15) is 18.1 Å². The van der Waals surface area contributed by atoms with Crippen LogP contribution >= 0.6 is 11.8 Å². The molecule has 2 amide bonds. The molecule has 0 radical (unpaired) electrons. The summed E-state index contributed by atoms with van der Waals surface area (Å²) in [4.78, 5) is 32.0. The topological polar surface area (TPSA) is 80.2 Å². The molecule has 4 aromatic rings. The van der Waals surface area contributed by atoms with E-state index in [0.717, 1.165) is 29.0 Å². The zero-order valence-electron chi connectivity index (χ0n) is 22.5. The fourth-order valence-corrected chi connectivity index (χ4v) is 4.87. The van der Waals surface area contributed by atoms with Gasteiger partial charge in [-0.15, -0.1) is 13.2 Å². The standard InChI is InChI=1S/C32H24F3N3O4S/c33-32(34,35)42-28-14-8-7-13-26(28)36-29(39)21-43-31-37-27(30(40)38(31)24-11-5-2-6-12-24)19-22-15-17-25(18-16-22)41-20-23-9-3-1-4-10-23/h1-19H,20-21H2,(H,36,39)/b27-19-. The van der Waals surface area contributed by atoms with E-state index in [0.29, 0.717) is 18.0 Å². The normalized spacial score (nSPS) is 14.0. The molecule has 1 aliphatic rings. The molecule has 0 unspecified atom stereocenters. The van der Waals surface area contributed by atoms with E-state index in [1.807, 2.05) is 42.5 Å². The predicted octanol–water partition coefficient (Wildman–Crippen LogP) is 7.28. The van der Waals surface area contributed by atoms with Crippen molar-refractivity contribution in [2.45, 2.75) is 13.0 Å². The van der Waals surface area contributed by atoms with Crippen LogP contribution in [0.25, 0.3) is 6.08 Å². The molecule has 0 aliphatic carbocycles. The van der Waals surface area contributed by atoms with E-state index in [-0.39, 0.29) is 28.2 Å². The SMILES string of the molecule is O=C(CSC1=N/C(=C\c2ccc(OCc3ccccc3)cc2)C(=O)N1c1ccccc1)Nc1ccccc1OC(F)(F)F. The molecule has 11 heteroatoms. The lowest BCUT2D eigenvalue weighted by molar-refractivity contribution is -0.274. The summed E-state index contributed by atoms with van der Waals surface area (Å²) in [5.41, 5.74) is 2.34. The van der Waals surface area contributed by atoms with Gasteiger partial charge < -0.3 is 14.8 Å². The Bertz CT molecular complexity index is 1640. The fourth-order valence-electron chi connectivity index (χ4n) is 4.06. The zero-order valence-corrected chi connectivity index (χ0v) is 23.3. The minimum atomic E-state index is -4.91. The highest BCUT2D eigenvalue weighted by Crippen LogP contribution is 2.32. The summed E-state index contributed by atoms with van der Waals surface area (Å²) in [5, 5.41) is 2.68. The number of aliphatic imine (C=N–C) groups is 1. The molecule has 0 bridgehead atoms. The number of nitrogens with zero attached hydrogens (tertiary/aromatic N) is 2. The van der Waals surface area contributed by atoms with Crippen molar-refractivity contribution in [3.05, 3.63) is 126 Å². The monoisotopic (exact) mass is 603 g/mol. The van der Waals surface area contributed by atoms with Gasteiger partial charge in [-0.25, -0.2) is 4.99 Å². The number of rotatable bonds is 9. The van der Waals surface area contributed by atoms with Gasteiger partial charge in [-0.05, 0) is 53.6 Å². The lowest BCUT2D eigenvalue weighted by Crippen LogP contribution is -2.31. The number of amides is 2. The number of amidine groups is 1. The van der Waals surface area contributed by atoms with Crippen LogP contribution in [0.4, 0.5) is 24.5 Å². The lowest BCUT2D eigenvalue weighted by atomic mass is 10.2. The number of para-hydroxylation sites is 3. The average Bonchev–Trinajstić information content (AvgIpc) is 3.31. The average molecular weight is 604 g/mol. The molecule has 218 valence electrons. The smallest absolute Gasteiger partial charge is 0.489 e. The van der Waals surface area contributed by atoms with Gasteiger partial charge in [-0.2, -0.15) is 0 Å². The van der Waals surface area contributed by atoms with Crippen molar-refractivity contribution >= 4 is 46.2 Å². The Morgan fingerprint density at radius 2 is 1.53 bits per heavy atom. The van der Waals surface area contributed by atoms with Crippen LogP contribution in [0.5, 0.6) is 11.5 Å². The van der Waals surface area contributed by atoms with Crippen molar-refractivity contribution in [1.29, 1.82) is 0 Å². The molecule has 1 aliphatic heterocycles. The van der Waals surface area contributed by atoms with E-state index in [2.05, 4.69) is 15.0 Å². The molecule has 0 saturated heterocycles. The van der Waals surface area contributed by atoms with Gasteiger partial charge in [-0.1, -0.05) is 84.6 Å². The maximum Gasteiger partial charge on any atom is 0.573 e. The van der Waals surface area contributed by atoms with Crippen molar-refractivity contribution < 1.29 is 32.2 Å². The van der Waals surface area contributed by atoms with Gasteiger partial charge in [0.15, 0.2) is 10.9 Å². The van der Waals surface area contributed by atoms with Crippen LogP contribution < -0.4 is 19.7 Å². The van der Waals surface area contributed by atoms with Crippen molar-refractivity contribution in [3.63, 3.8) is 0 Å². The molecule has 0 fully saturated rings. The van der Waals surface area contributed by atoms with E-state index >= 15 is 0 Å². The minimum absolute atomic E-state index is 0.133. The van der Waals surface area contributed by atoms with Crippen LogP contribution in [-0.4, -0.2) is 29.1 Å². The number of carbonyl (C=O) groups excluding carboxylic acids is 2. The fraction of sp³-hybridized carbons (Fsp3) is 0.0938. The van der Waals surface area contributed by atoms with Gasteiger partial charge in [0, 0.05) is 0 Å². The van der Waals surface area contributed by atoms with E-state index < -0.39 is 18.0 Å². The lowest BCUT2D eigenvalue weighted by Gasteiger charge is -2.18. The molecule has 5 rings (SSSR count). The molecular weight excluding hydrogens is 579 g/mol. The highest BCUT2D eigenvalue weighted by atomic mass is 32.2. The number of nitrogens with one attached hydrogen (secondary N) is 1. The van der Waals surface area contributed by atoms with Gasteiger partial charge in [0.25, 0.3) is 5.91 Å². The summed E-state index contributed by atoms with van der Waals surface area (Å²) in [7, 11) is 0. The van der Waals surface area contributed by atoms with E-state index in [1.54, 1.807) is 48.5 Å². The quantitative estimate of drug-likeness (QED) is 0.204. The van der Waals surface area contributed by atoms with Gasteiger partial charge >= 0.3 is 6.36 Å². The zero-order chi connectivity index (χ0) is 30.2. The van der Waals surface area contributed by atoms with Crippen LogP contribution in [-0.2, 0) is 16.2 Å². The van der Waals surface area contributed by atoms with Crippen molar-refractivity contribution in [1.82, 2.24) is 0 Å². The Balaban J connectivity index is 1.30. The summed E-state index contributed by atoms with van der Waals surface area (Å²) in [6.45, 7) is 0.422. The molecule has 7 nitrogen and oxygen atoms in total. The third-order valence-corrected chi connectivity index (χ3v) is 6.93. The first-order valence-corrected chi connectivity index (χ1v) is 14.0. The second-order valence-electron chi connectivity index (χ2n) is 9.12. The molecule has 0 spiro atoms. The Labute approximate surface area is 249 Å². The number of alkyl halides is 3. The van der Waals surface area contributed by atoms with Crippen molar-refractivity contribution in [2.75, 3.05) is 16.0 Å². The molecule has 0 atom stereocenters. The van der Waals surface area contributed by atoms with Crippen LogP contribution in [0.3, 0.4) is 0 Å². The summed E-state index contributed by atoms with van der Waals surface area (Å²) in [5.74, 6) is -1.08. The second-order valence-corrected chi connectivity index (χ2v) is 10.1. The van der Waals surface area contributed by atoms with Gasteiger partial charge in [0.05, 0.1) is 17.1 Å². The first-order valence-electron chi connectivity index (χ1n) is 13.0. The van der Waals surface area contributed by atoms with Crippen LogP contribution in [0.1, 0.15) is 11.1 Å². The Kier molecular flexibility index (Phi) is 9.11. The van der Waals surface area contributed by atoms with Crippen molar-refractivity contribution in [3.8, 4) is 11.5 Å². The highest BCUT2D eigenvalue weighted by Gasteiger charge is 2.33. The molecule has 0 saturated carbocycles. The number of halogens is 3. The summed E-state index contributed by atoms with van der Waals surface area (Å²) in [6.07, 6.45) is -3.28. The largest absolute Gasteiger partial charge is 0.573 e. The molecule has 4 aromatic carbocycles. The Morgan fingerprint density at radius 3 is 2.23 bits per heavy atom. The van der Waals surface area contributed by atoms with E-state index in [9.17, 15) is 22.8 Å². The summed E-state index contributed by atoms with van der Waals surface area (Å²) < 4.78 is 48.1. The maximum atomic E-state index is 13.4. The molecule has 1 heterocycles. The number of anilines is 2. The van der Waals surface area contributed by atoms with Crippen LogP contribution in [0.15, 0.2) is 120 Å². The third-order valence-electron chi connectivity index (χ3n) is 5.99. The van der Waals surface area contributed by atoms with Gasteiger partial charge in [0.2, 0.25) is 5.91 Å². The predicted molar refractivity (Wildman–Crippen MR) is 161 cm³/mol. The highest BCUT2D eigenvalue weighted by molar-refractivity contribution is 8.14. The number of thioether (sulfide) groups is 1. The summed E-state index contributed by atoms with van der Waals surface area (Å²) in [6, 6.07) is 31.0. The number of hydrogen-bond donors (Lipinski definition) is 1. The first-order chi connectivity index (χ1) is 20.7. The molecule has 43 heavy (non-hydrogen) atoms. The van der Waals surface area contributed by atoms with E-state index in [4.69, 9.17) is 4.74 Å². The number of carbonyl (C=O) groups is 2. The second kappa shape index (κ2) is 13.3. The molecule has 0 aromatic heterocycles. The Morgan fingerprint density at radius 1 is 0.884 bits per heavy atom. The Hall–Kier alpha value is -5.03. The summed E-state index contributed by atoms with van der Waals surface area (Å²) >= 11 is 0.978. The number of hydrogen-bond acceptors (Lipinski definition) is 6. The molecule has 1 N–H and O–H groups in total. The van der Waals surface area contributed by atoms with Crippen molar-refractivity contribution in [2.24, 2.45) is 4.99 Å². The van der Waals surface area contributed by atoms with Crippen LogP contribution in [0.2, 0.25) is 0 Å².